The summed E-state index contributed by atoms with van der Waals surface area (Å²) < 4.78 is 2.75. The van der Waals surface area contributed by atoms with Crippen molar-refractivity contribution >= 4 is 27.5 Å². The van der Waals surface area contributed by atoms with Gasteiger partial charge in [-0.05, 0) is 58.5 Å². The van der Waals surface area contributed by atoms with Crippen LogP contribution in [0, 0.1) is 0 Å². The maximum absolute atomic E-state index is 4.57. The van der Waals surface area contributed by atoms with Crippen LogP contribution in [0.2, 0.25) is 0 Å². The van der Waals surface area contributed by atoms with E-state index in [9.17, 15) is 0 Å². The molecule has 4 rings (SSSR count). The summed E-state index contributed by atoms with van der Waals surface area (Å²) in [6.45, 7) is 0. The highest BCUT2D eigenvalue weighted by Gasteiger charge is 2.21. The molecule has 1 aromatic carbocycles. The van der Waals surface area contributed by atoms with Crippen LogP contribution < -0.4 is 5.32 Å². The Morgan fingerprint density at radius 3 is 3.00 bits per heavy atom. The van der Waals surface area contributed by atoms with E-state index in [0.29, 0.717) is 12.0 Å². The Labute approximate surface area is 131 Å². The number of nitrogens with zero attached hydrogens (tertiary/aromatic N) is 3. The summed E-state index contributed by atoms with van der Waals surface area (Å²) in [6, 6.07) is 12.9. The van der Waals surface area contributed by atoms with Crippen molar-refractivity contribution in [2.75, 3.05) is 5.32 Å². The monoisotopic (exact) mass is 342 g/mol. The molecule has 0 aliphatic heterocycles. The number of nitrogens with one attached hydrogen (secondary N) is 1. The zero-order chi connectivity index (χ0) is 14.2. The number of pyridine rings is 1. The number of aromatic nitrogens is 3. The van der Waals surface area contributed by atoms with Crippen molar-refractivity contribution in [1.82, 2.24) is 14.6 Å². The SMILES string of the molecule is Brc1cccn2nc(NC3CCCc4ccccc43)nc12. The molecule has 106 valence electrons. The third kappa shape index (κ3) is 2.31. The highest BCUT2D eigenvalue weighted by Crippen LogP contribution is 2.31. The number of halogens is 1. The first-order chi connectivity index (χ1) is 10.3. The maximum Gasteiger partial charge on any atom is 0.243 e. The Balaban J connectivity index is 1.68. The van der Waals surface area contributed by atoms with E-state index in [2.05, 4.69) is 55.6 Å². The predicted octanol–water partition coefficient (Wildman–Crippen LogP) is 3.98. The molecule has 5 heteroatoms. The van der Waals surface area contributed by atoms with Gasteiger partial charge in [0.15, 0.2) is 5.65 Å². The van der Waals surface area contributed by atoms with Gasteiger partial charge in [-0.25, -0.2) is 4.52 Å². The van der Waals surface area contributed by atoms with Crippen molar-refractivity contribution in [1.29, 1.82) is 0 Å². The maximum atomic E-state index is 4.57. The molecule has 1 atom stereocenters. The normalized spacial score (nSPS) is 17.7. The lowest BCUT2D eigenvalue weighted by Crippen LogP contribution is -2.17. The minimum absolute atomic E-state index is 0.297. The van der Waals surface area contributed by atoms with Crippen molar-refractivity contribution in [2.45, 2.75) is 25.3 Å². The molecule has 1 aliphatic carbocycles. The zero-order valence-electron chi connectivity index (χ0n) is 11.5. The second-order valence-corrected chi connectivity index (χ2v) is 6.20. The van der Waals surface area contributed by atoms with Gasteiger partial charge in [0.1, 0.15) is 0 Å². The first-order valence-corrected chi connectivity index (χ1v) is 7.96. The van der Waals surface area contributed by atoms with Crippen LogP contribution in [0.4, 0.5) is 5.95 Å². The molecule has 0 saturated carbocycles. The summed E-state index contributed by atoms with van der Waals surface area (Å²) in [5, 5.41) is 7.99. The topological polar surface area (TPSA) is 42.2 Å². The van der Waals surface area contributed by atoms with Crippen LogP contribution in [-0.2, 0) is 6.42 Å². The smallest absolute Gasteiger partial charge is 0.243 e. The van der Waals surface area contributed by atoms with Gasteiger partial charge in [0.2, 0.25) is 5.95 Å². The minimum atomic E-state index is 0.297. The van der Waals surface area contributed by atoms with Crippen molar-refractivity contribution in [2.24, 2.45) is 0 Å². The molecule has 4 nitrogen and oxygen atoms in total. The Hall–Kier alpha value is -1.88. The summed E-state index contributed by atoms with van der Waals surface area (Å²) in [6.07, 6.45) is 5.39. The van der Waals surface area contributed by atoms with E-state index < -0.39 is 0 Å². The fourth-order valence-corrected chi connectivity index (χ4v) is 3.42. The molecular formula is C16H15BrN4. The Kier molecular flexibility index (Phi) is 3.15. The lowest BCUT2D eigenvalue weighted by atomic mass is 9.88. The molecule has 0 fully saturated rings. The fourth-order valence-electron chi connectivity index (χ4n) is 2.99. The number of fused-ring (bicyclic) bond motifs is 2. The number of benzene rings is 1. The first-order valence-electron chi connectivity index (χ1n) is 7.16. The van der Waals surface area contributed by atoms with Crippen molar-refractivity contribution < 1.29 is 0 Å². The van der Waals surface area contributed by atoms with Crippen LogP contribution in [-0.4, -0.2) is 14.6 Å². The molecule has 0 spiro atoms. The standard InChI is InChI=1S/C16H15BrN4/c17-13-8-4-10-21-15(13)19-16(20-21)18-14-9-3-6-11-5-1-2-7-12(11)14/h1-2,4-5,7-8,10,14H,3,6,9H2,(H,18,20). The number of anilines is 1. The molecule has 1 aliphatic rings. The molecule has 1 N–H and O–H groups in total. The highest BCUT2D eigenvalue weighted by atomic mass is 79.9. The average Bonchev–Trinajstić information content (AvgIpc) is 2.92. The molecule has 0 amide bonds. The van der Waals surface area contributed by atoms with Gasteiger partial charge in [-0.15, -0.1) is 5.10 Å². The van der Waals surface area contributed by atoms with Gasteiger partial charge >= 0.3 is 0 Å². The molecular weight excluding hydrogens is 328 g/mol. The Morgan fingerprint density at radius 2 is 2.10 bits per heavy atom. The molecule has 0 saturated heterocycles. The van der Waals surface area contributed by atoms with E-state index in [0.717, 1.165) is 16.5 Å². The summed E-state index contributed by atoms with van der Waals surface area (Å²) in [5.41, 5.74) is 3.65. The molecule has 21 heavy (non-hydrogen) atoms. The van der Waals surface area contributed by atoms with Gasteiger partial charge in [-0.2, -0.15) is 4.98 Å². The first kappa shape index (κ1) is 12.8. The second kappa shape index (κ2) is 5.15. The summed E-state index contributed by atoms with van der Waals surface area (Å²) in [7, 11) is 0. The van der Waals surface area contributed by atoms with E-state index >= 15 is 0 Å². The van der Waals surface area contributed by atoms with Crippen LogP contribution in [0.3, 0.4) is 0 Å². The van der Waals surface area contributed by atoms with Gasteiger partial charge in [0.05, 0.1) is 10.5 Å². The van der Waals surface area contributed by atoms with Gasteiger partial charge < -0.3 is 5.32 Å². The average molecular weight is 343 g/mol. The molecule has 0 radical (unpaired) electrons. The van der Waals surface area contributed by atoms with Crippen LogP contribution >= 0.6 is 15.9 Å². The largest absolute Gasteiger partial charge is 0.346 e. The zero-order valence-corrected chi connectivity index (χ0v) is 13.0. The van der Waals surface area contributed by atoms with Crippen molar-refractivity contribution in [3.05, 3.63) is 58.2 Å². The molecule has 3 aromatic rings. The van der Waals surface area contributed by atoms with Crippen LogP contribution in [0.5, 0.6) is 0 Å². The van der Waals surface area contributed by atoms with E-state index in [4.69, 9.17) is 0 Å². The van der Waals surface area contributed by atoms with Crippen LogP contribution in [0.15, 0.2) is 47.1 Å². The quantitative estimate of drug-likeness (QED) is 0.765. The van der Waals surface area contributed by atoms with E-state index in [1.807, 2.05) is 18.3 Å². The van der Waals surface area contributed by atoms with E-state index in [1.165, 1.54) is 24.0 Å². The molecule has 2 heterocycles. The van der Waals surface area contributed by atoms with Gasteiger partial charge in [-0.1, -0.05) is 24.3 Å². The summed E-state index contributed by atoms with van der Waals surface area (Å²) >= 11 is 3.51. The highest BCUT2D eigenvalue weighted by molar-refractivity contribution is 9.10. The minimum Gasteiger partial charge on any atom is -0.346 e. The molecule has 1 unspecified atom stereocenters. The third-order valence-corrected chi connectivity index (χ3v) is 4.61. The lowest BCUT2D eigenvalue weighted by Gasteiger charge is -2.25. The van der Waals surface area contributed by atoms with Gasteiger partial charge in [0, 0.05) is 6.20 Å². The van der Waals surface area contributed by atoms with Gasteiger partial charge in [0.25, 0.3) is 0 Å². The van der Waals surface area contributed by atoms with Crippen LogP contribution in [0.25, 0.3) is 5.65 Å². The predicted molar refractivity (Wildman–Crippen MR) is 86.4 cm³/mol. The second-order valence-electron chi connectivity index (χ2n) is 5.35. The number of hydrogen-bond donors (Lipinski definition) is 1. The Bertz CT molecular complexity index is 796. The summed E-state index contributed by atoms with van der Waals surface area (Å²) in [5.74, 6) is 0.684. The van der Waals surface area contributed by atoms with Gasteiger partial charge in [-0.3, -0.25) is 0 Å². The van der Waals surface area contributed by atoms with E-state index in [-0.39, 0.29) is 0 Å². The van der Waals surface area contributed by atoms with Crippen molar-refractivity contribution in [3.63, 3.8) is 0 Å². The van der Waals surface area contributed by atoms with Crippen molar-refractivity contribution in [3.8, 4) is 0 Å². The summed E-state index contributed by atoms with van der Waals surface area (Å²) in [4.78, 5) is 4.57. The molecule has 0 bridgehead atoms. The number of rotatable bonds is 2. The number of aryl methyl sites for hydroxylation is 1. The molecule has 2 aromatic heterocycles. The fraction of sp³-hybridized carbons (Fsp3) is 0.250. The lowest BCUT2D eigenvalue weighted by molar-refractivity contribution is 0.596. The number of hydrogen-bond acceptors (Lipinski definition) is 3. The van der Waals surface area contributed by atoms with Crippen LogP contribution in [0.1, 0.15) is 30.0 Å². The van der Waals surface area contributed by atoms with E-state index in [1.54, 1.807) is 4.52 Å². The third-order valence-electron chi connectivity index (χ3n) is 3.99. The Morgan fingerprint density at radius 1 is 1.19 bits per heavy atom.